The molecule has 0 fully saturated rings. The van der Waals surface area contributed by atoms with Gasteiger partial charge in [-0.05, 0) is 103 Å². The maximum Gasteiger partial charge on any atom is 0.472 e. The van der Waals surface area contributed by atoms with Crippen LogP contribution < -0.4 is 5.73 Å². The van der Waals surface area contributed by atoms with E-state index in [2.05, 4.69) is 135 Å². The number of esters is 1. The number of unbranched alkanes of at least 4 members (excludes halogenated alkanes) is 15. The molecular weight excluding hydrogens is 886 g/mol. The molecule has 0 radical (unpaired) electrons. The molecule has 0 saturated heterocycles. The number of phosphoric acid groups is 1. The number of allylic oxidation sites excluding steroid dienone is 20. The highest BCUT2D eigenvalue weighted by atomic mass is 31.2. The SMILES string of the molecule is CC/C=C\C/C=C\C/C=C\C/C=C\C/C=C\C/C=C\CCCCCCCOCC(COP(=O)(O)OCC(N)C(=O)O)OC(=O)CCCCCCCCCCCC/C=C\C/C=C\C/C=C\C/C=C\CC. The first-order chi connectivity index (χ1) is 33.7. The van der Waals surface area contributed by atoms with Crippen LogP contribution >= 0.6 is 7.82 Å². The molecule has 0 spiro atoms. The fourth-order valence-electron chi connectivity index (χ4n) is 6.72. The number of hydrogen-bond acceptors (Lipinski definition) is 8. The molecule has 10 nitrogen and oxygen atoms in total. The van der Waals surface area contributed by atoms with Gasteiger partial charge in [0.2, 0.25) is 0 Å². The first kappa shape index (κ1) is 65.4. The molecule has 0 amide bonds. The number of carbonyl (C=O) groups excluding carboxylic acids is 1. The molecule has 0 aromatic heterocycles. The molecule has 0 aromatic rings. The van der Waals surface area contributed by atoms with Crippen molar-refractivity contribution in [2.75, 3.05) is 26.4 Å². The van der Waals surface area contributed by atoms with E-state index < -0.39 is 45.1 Å². The Bertz CT molecular complexity index is 1560. The van der Waals surface area contributed by atoms with Gasteiger partial charge < -0.3 is 25.2 Å². The lowest BCUT2D eigenvalue weighted by molar-refractivity contribution is -0.154. The molecule has 4 N–H and O–H groups in total. The Balaban J connectivity index is 4.21. The summed E-state index contributed by atoms with van der Waals surface area (Å²) >= 11 is 0. The van der Waals surface area contributed by atoms with Crippen LogP contribution in [0.1, 0.15) is 194 Å². The third kappa shape index (κ3) is 52.0. The zero-order valence-electron chi connectivity index (χ0n) is 43.1. The molecule has 3 atom stereocenters. The average molecular weight is 982 g/mol. The average Bonchev–Trinajstić information content (AvgIpc) is 3.33. The van der Waals surface area contributed by atoms with Crippen molar-refractivity contribution >= 4 is 19.8 Å². The molecule has 69 heavy (non-hydrogen) atoms. The number of nitrogens with two attached hydrogens (primary N) is 1. The summed E-state index contributed by atoms with van der Waals surface area (Å²) in [5.41, 5.74) is 5.38. The first-order valence-electron chi connectivity index (χ1n) is 26.6. The van der Waals surface area contributed by atoms with Gasteiger partial charge in [-0.3, -0.25) is 18.6 Å². The monoisotopic (exact) mass is 982 g/mol. The van der Waals surface area contributed by atoms with E-state index in [0.717, 1.165) is 128 Å². The predicted octanol–water partition coefficient (Wildman–Crippen LogP) is 16.0. The molecule has 392 valence electrons. The molecule has 11 heteroatoms. The topological polar surface area (TPSA) is 155 Å². The molecule has 0 bridgehead atoms. The van der Waals surface area contributed by atoms with Crippen LogP contribution in [0.5, 0.6) is 0 Å². The third-order valence-corrected chi connectivity index (χ3v) is 11.7. The summed E-state index contributed by atoms with van der Waals surface area (Å²) in [5, 5.41) is 8.94. The second kappa shape index (κ2) is 52.2. The van der Waals surface area contributed by atoms with Gasteiger partial charge in [0, 0.05) is 13.0 Å². The van der Waals surface area contributed by atoms with Crippen molar-refractivity contribution < 1.29 is 42.7 Å². The fourth-order valence-corrected chi connectivity index (χ4v) is 7.49. The summed E-state index contributed by atoms with van der Waals surface area (Å²) < 4.78 is 33.5. The molecule has 0 saturated carbocycles. The standard InChI is InChI=1S/C58H96NO9P/c1-3-5-7-9-11-13-15-17-19-21-23-25-27-29-31-33-35-37-39-41-43-45-47-49-51-65-52-55(53-66-69(63,64)67-54-56(59)58(61)62)68-57(60)50-48-46-44-42-40-38-36-34-32-30-28-26-24-22-20-18-16-14-12-10-8-6-4-2/h5-8,11-14,17-20,23-26,29,31,35,37,55-56H,3-4,9-10,15-16,21-22,27-28,30,32-34,36,38-54,59H2,1-2H3,(H,61,62)(H,63,64)/b7-5-,8-6-,13-11-,14-12-,19-17-,20-18-,25-23-,26-24-,31-29-,37-35-. The Hall–Kier alpha value is -3.63. The van der Waals surface area contributed by atoms with Crippen LogP contribution in [-0.2, 0) is 32.7 Å². The molecule has 0 aromatic carbocycles. The molecule has 0 heterocycles. The predicted molar refractivity (Wildman–Crippen MR) is 290 cm³/mol. The maximum atomic E-state index is 12.7. The number of ether oxygens (including phenoxy) is 2. The Morgan fingerprint density at radius 2 is 0.797 bits per heavy atom. The van der Waals surface area contributed by atoms with Crippen LogP contribution in [0.15, 0.2) is 122 Å². The van der Waals surface area contributed by atoms with Crippen LogP contribution in [-0.4, -0.2) is 60.5 Å². The zero-order chi connectivity index (χ0) is 50.4. The van der Waals surface area contributed by atoms with Crippen LogP contribution in [0, 0.1) is 0 Å². The lowest BCUT2D eigenvalue weighted by Gasteiger charge is -2.20. The highest BCUT2D eigenvalue weighted by Crippen LogP contribution is 2.43. The highest BCUT2D eigenvalue weighted by molar-refractivity contribution is 7.47. The van der Waals surface area contributed by atoms with Gasteiger partial charge in [-0.25, -0.2) is 4.57 Å². The van der Waals surface area contributed by atoms with Crippen LogP contribution in [0.2, 0.25) is 0 Å². The second-order valence-corrected chi connectivity index (χ2v) is 18.7. The van der Waals surface area contributed by atoms with Gasteiger partial charge in [0.05, 0.1) is 19.8 Å². The van der Waals surface area contributed by atoms with E-state index in [1.807, 2.05) is 0 Å². The quantitative estimate of drug-likeness (QED) is 0.0232. The third-order valence-electron chi connectivity index (χ3n) is 10.7. The number of rotatable bonds is 49. The van der Waals surface area contributed by atoms with E-state index in [1.165, 1.54) is 38.5 Å². The summed E-state index contributed by atoms with van der Waals surface area (Å²) in [6.07, 6.45) is 72.5. The van der Waals surface area contributed by atoms with Crippen molar-refractivity contribution in [2.24, 2.45) is 5.73 Å². The van der Waals surface area contributed by atoms with Crippen LogP contribution in [0.3, 0.4) is 0 Å². The number of hydrogen-bond donors (Lipinski definition) is 3. The largest absolute Gasteiger partial charge is 0.480 e. The Morgan fingerprint density at radius 1 is 0.464 bits per heavy atom. The number of phosphoric ester groups is 1. The molecule has 0 aliphatic rings. The normalized spacial score (nSPS) is 14.6. The van der Waals surface area contributed by atoms with E-state index in [0.29, 0.717) is 13.0 Å². The summed E-state index contributed by atoms with van der Waals surface area (Å²) in [6, 6.07) is -1.49. The minimum absolute atomic E-state index is 0.00645. The summed E-state index contributed by atoms with van der Waals surface area (Å²) in [4.78, 5) is 33.8. The minimum Gasteiger partial charge on any atom is -0.480 e. The molecule has 0 rings (SSSR count). The molecule has 0 aliphatic carbocycles. The Labute approximate surface area is 420 Å². The van der Waals surface area contributed by atoms with E-state index in [-0.39, 0.29) is 13.0 Å². The van der Waals surface area contributed by atoms with Gasteiger partial charge >= 0.3 is 19.8 Å². The van der Waals surface area contributed by atoms with Gasteiger partial charge in [0.1, 0.15) is 12.1 Å². The molecule has 0 aliphatic heterocycles. The smallest absolute Gasteiger partial charge is 0.472 e. The summed E-state index contributed by atoms with van der Waals surface area (Å²) in [7, 11) is -4.64. The highest BCUT2D eigenvalue weighted by Gasteiger charge is 2.27. The number of carbonyl (C=O) groups is 2. The van der Waals surface area contributed by atoms with Crippen molar-refractivity contribution in [3.8, 4) is 0 Å². The van der Waals surface area contributed by atoms with Gasteiger partial charge in [0.15, 0.2) is 0 Å². The van der Waals surface area contributed by atoms with E-state index in [9.17, 15) is 19.0 Å². The Kier molecular flexibility index (Phi) is 49.5. The van der Waals surface area contributed by atoms with Gasteiger partial charge in [-0.15, -0.1) is 0 Å². The summed E-state index contributed by atoms with van der Waals surface area (Å²) in [5.74, 6) is -1.80. The van der Waals surface area contributed by atoms with Gasteiger partial charge in [-0.2, -0.15) is 0 Å². The number of carboxylic acids is 1. The molecular formula is C58H96NO9P. The van der Waals surface area contributed by atoms with E-state index in [4.69, 9.17) is 29.4 Å². The van der Waals surface area contributed by atoms with E-state index in [1.54, 1.807) is 0 Å². The van der Waals surface area contributed by atoms with Crippen molar-refractivity contribution in [3.63, 3.8) is 0 Å². The lowest BCUT2D eigenvalue weighted by Crippen LogP contribution is -2.34. The van der Waals surface area contributed by atoms with Gasteiger partial charge in [-0.1, -0.05) is 206 Å². The van der Waals surface area contributed by atoms with Crippen LogP contribution in [0.25, 0.3) is 0 Å². The van der Waals surface area contributed by atoms with Gasteiger partial charge in [0.25, 0.3) is 0 Å². The minimum atomic E-state index is -4.64. The Morgan fingerprint density at radius 3 is 1.19 bits per heavy atom. The zero-order valence-corrected chi connectivity index (χ0v) is 44.0. The van der Waals surface area contributed by atoms with Crippen molar-refractivity contribution in [1.82, 2.24) is 0 Å². The number of aliphatic carboxylic acids is 1. The summed E-state index contributed by atoms with van der Waals surface area (Å²) in [6.45, 7) is 3.60. The van der Waals surface area contributed by atoms with Crippen molar-refractivity contribution in [3.05, 3.63) is 122 Å². The second-order valence-electron chi connectivity index (χ2n) is 17.2. The first-order valence-corrected chi connectivity index (χ1v) is 28.1. The van der Waals surface area contributed by atoms with Crippen molar-refractivity contribution in [2.45, 2.75) is 206 Å². The maximum absolute atomic E-state index is 12.7. The number of carboxylic acid groups (broad SMARTS) is 1. The van der Waals surface area contributed by atoms with Crippen molar-refractivity contribution in [1.29, 1.82) is 0 Å². The molecule has 3 unspecified atom stereocenters. The van der Waals surface area contributed by atoms with E-state index >= 15 is 0 Å². The van der Waals surface area contributed by atoms with Crippen LogP contribution in [0.4, 0.5) is 0 Å². The fraction of sp³-hybridized carbons (Fsp3) is 0.621. The lowest BCUT2D eigenvalue weighted by atomic mass is 10.0.